The van der Waals surface area contributed by atoms with Crippen LogP contribution in [-0.4, -0.2) is 25.7 Å². The predicted molar refractivity (Wildman–Crippen MR) is 69.7 cm³/mol. The topological polar surface area (TPSA) is 24.1 Å². The van der Waals surface area contributed by atoms with Gasteiger partial charge < -0.3 is 10.6 Å². The van der Waals surface area contributed by atoms with Crippen molar-refractivity contribution in [1.29, 1.82) is 0 Å². The minimum Gasteiger partial charge on any atom is -0.317 e. The Morgan fingerprint density at radius 1 is 0.875 bits per heavy atom. The Morgan fingerprint density at radius 3 is 2.38 bits per heavy atom. The zero-order chi connectivity index (χ0) is 11.2. The Balaban J connectivity index is 1.64. The molecule has 2 fully saturated rings. The van der Waals surface area contributed by atoms with Crippen LogP contribution in [0.25, 0.3) is 0 Å². The fraction of sp³-hybridized carbons (Fsp3) is 1.00. The molecule has 0 spiro atoms. The molecule has 0 amide bonds. The zero-order valence-electron chi connectivity index (χ0n) is 10.8. The molecule has 0 radical (unpaired) electrons. The Labute approximate surface area is 101 Å². The van der Waals surface area contributed by atoms with Crippen LogP contribution in [0.4, 0.5) is 0 Å². The van der Waals surface area contributed by atoms with Gasteiger partial charge in [-0.3, -0.25) is 0 Å². The van der Waals surface area contributed by atoms with E-state index in [9.17, 15) is 0 Å². The highest BCUT2D eigenvalue weighted by molar-refractivity contribution is 4.80. The van der Waals surface area contributed by atoms with Crippen molar-refractivity contribution in [1.82, 2.24) is 10.6 Å². The van der Waals surface area contributed by atoms with Crippen LogP contribution in [0, 0.1) is 5.92 Å². The van der Waals surface area contributed by atoms with E-state index in [1.807, 2.05) is 0 Å². The molecule has 0 bridgehead atoms. The van der Waals surface area contributed by atoms with Gasteiger partial charge in [0, 0.05) is 12.1 Å². The van der Waals surface area contributed by atoms with Crippen molar-refractivity contribution in [3.8, 4) is 0 Å². The van der Waals surface area contributed by atoms with E-state index in [1.54, 1.807) is 0 Å². The lowest BCUT2D eigenvalue weighted by molar-refractivity contribution is 0.266. The van der Waals surface area contributed by atoms with Gasteiger partial charge in [-0.15, -0.1) is 0 Å². The van der Waals surface area contributed by atoms with Gasteiger partial charge in [0.05, 0.1) is 0 Å². The molecule has 0 heterocycles. The Kier molecular flexibility index (Phi) is 5.11. The maximum absolute atomic E-state index is 3.81. The first-order chi connectivity index (χ1) is 7.88. The summed E-state index contributed by atoms with van der Waals surface area (Å²) >= 11 is 0. The molecular formula is C14H28N2. The first kappa shape index (κ1) is 12.4. The minimum atomic E-state index is 0.784. The number of nitrogens with one attached hydrogen (secondary N) is 2. The molecule has 0 aromatic rings. The fourth-order valence-electron chi connectivity index (χ4n) is 3.38. The quantitative estimate of drug-likeness (QED) is 0.767. The second-order valence-electron chi connectivity index (χ2n) is 5.76. The molecule has 94 valence electrons. The summed E-state index contributed by atoms with van der Waals surface area (Å²) in [7, 11) is 2.11. The van der Waals surface area contributed by atoms with Crippen molar-refractivity contribution >= 4 is 0 Å². The van der Waals surface area contributed by atoms with Gasteiger partial charge in [0.1, 0.15) is 0 Å². The normalized spacial score (nSPS) is 32.8. The Bertz CT molecular complexity index is 187. The van der Waals surface area contributed by atoms with E-state index < -0.39 is 0 Å². The monoisotopic (exact) mass is 224 g/mol. The first-order valence-corrected chi connectivity index (χ1v) is 7.29. The van der Waals surface area contributed by atoms with Crippen molar-refractivity contribution in [3.63, 3.8) is 0 Å². The summed E-state index contributed by atoms with van der Waals surface area (Å²) in [5.41, 5.74) is 0. The molecule has 0 saturated heterocycles. The van der Waals surface area contributed by atoms with Crippen molar-refractivity contribution in [2.45, 2.75) is 69.9 Å². The maximum atomic E-state index is 3.81. The molecule has 2 aliphatic rings. The number of hydrogen-bond acceptors (Lipinski definition) is 2. The van der Waals surface area contributed by atoms with Crippen molar-refractivity contribution in [2.24, 2.45) is 5.92 Å². The van der Waals surface area contributed by atoms with Gasteiger partial charge >= 0.3 is 0 Å². The molecule has 0 aromatic heterocycles. The van der Waals surface area contributed by atoms with Crippen LogP contribution < -0.4 is 10.6 Å². The van der Waals surface area contributed by atoms with E-state index in [2.05, 4.69) is 17.7 Å². The molecule has 2 unspecified atom stereocenters. The molecule has 2 aliphatic carbocycles. The number of rotatable bonds is 4. The highest BCUT2D eigenvalue weighted by Crippen LogP contribution is 2.24. The third-order valence-electron chi connectivity index (χ3n) is 4.49. The Morgan fingerprint density at radius 2 is 1.62 bits per heavy atom. The number of hydrogen-bond donors (Lipinski definition) is 2. The van der Waals surface area contributed by atoms with E-state index in [1.165, 1.54) is 64.3 Å². The molecule has 0 aliphatic heterocycles. The summed E-state index contributed by atoms with van der Waals surface area (Å²) in [6.45, 7) is 1.27. The fourth-order valence-corrected chi connectivity index (χ4v) is 3.38. The summed E-state index contributed by atoms with van der Waals surface area (Å²) in [4.78, 5) is 0. The van der Waals surface area contributed by atoms with E-state index >= 15 is 0 Å². The van der Waals surface area contributed by atoms with Crippen LogP contribution in [0.15, 0.2) is 0 Å². The molecule has 2 saturated carbocycles. The average Bonchev–Trinajstić information content (AvgIpc) is 2.38. The molecule has 2 nitrogen and oxygen atoms in total. The van der Waals surface area contributed by atoms with Gasteiger partial charge in [-0.05, 0) is 51.6 Å². The van der Waals surface area contributed by atoms with E-state index in [0.29, 0.717) is 0 Å². The zero-order valence-corrected chi connectivity index (χ0v) is 10.8. The summed E-state index contributed by atoms with van der Waals surface area (Å²) in [5.74, 6) is 0.924. The summed E-state index contributed by atoms with van der Waals surface area (Å²) in [5, 5.41) is 7.25. The molecule has 2 rings (SSSR count). The second kappa shape index (κ2) is 6.61. The van der Waals surface area contributed by atoms with Gasteiger partial charge in [0.25, 0.3) is 0 Å². The van der Waals surface area contributed by atoms with Gasteiger partial charge in [0.2, 0.25) is 0 Å². The van der Waals surface area contributed by atoms with Crippen molar-refractivity contribution in [3.05, 3.63) is 0 Å². The highest BCUT2D eigenvalue weighted by atomic mass is 14.9. The lowest BCUT2D eigenvalue weighted by Gasteiger charge is -2.31. The van der Waals surface area contributed by atoms with E-state index in [-0.39, 0.29) is 0 Å². The molecule has 2 atom stereocenters. The van der Waals surface area contributed by atoms with Gasteiger partial charge in [-0.25, -0.2) is 0 Å². The third kappa shape index (κ3) is 3.74. The third-order valence-corrected chi connectivity index (χ3v) is 4.49. The predicted octanol–water partition coefficient (Wildman–Crippen LogP) is 2.69. The molecule has 2 heteroatoms. The van der Waals surface area contributed by atoms with Crippen LogP contribution in [0.2, 0.25) is 0 Å². The van der Waals surface area contributed by atoms with Crippen LogP contribution in [0.3, 0.4) is 0 Å². The van der Waals surface area contributed by atoms with Gasteiger partial charge in [0.15, 0.2) is 0 Å². The lowest BCUT2D eigenvalue weighted by Crippen LogP contribution is -2.39. The summed E-state index contributed by atoms with van der Waals surface area (Å²) in [6, 6.07) is 1.62. The minimum absolute atomic E-state index is 0.784. The molecule has 0 aromatic carbocycles. The van der Waals surface area contributed by atoms with E-state index in [0.717, 1.165) is 18.0 Å². The Hall–Kier alpha value is -0.0800. The van der Waals surface area contributed by atoms with Crippen LogP contribution >= 0.6 is 0 Å². The van der Waals surface area contributed by atoms with E-state index in [4.69, 9.17) is 0 Å². The van der Waals surface area contributed by atoms with Crippen LogP contribution in [0.1, 0.15) is 57.8 Å². The largest absolute Gasteiger partial charge is 0.317 e. The lowest BCUT2D eigenvalue weighted by atomic mass is 9.85. The van der Waals surface area contributed by atoms with Crippen molar-refractivity contribution < 1.29 is 0 Å². The summed E-state index contributed by atoms with van der Waals surface area (Å²) < 4.78 is 0. The average molecular weight is 224 g/mol. The van der Waals surface area contributed by atoms with Gasteiger partial charge in [-0.1, -0.05) is 25.7 Å². The van der Waals surface area contributed by atoms with Gasteiger partial charge in [-0.2, -0.15) is 0 Å². The molecule has 16 heavy (non-hydrogen) atoms. The second-order valence-corrected chi connectivity index (χ2v) is 5.76. The SMILES string of the molecule is CNC1CCCC(CNC2CCCCC2)C1. The van der Waals surface area contributed by atoms with Crippen LogP contribution in [0.5, 0.6) is 0 Å². The maximum Gasteiger partial charge on any atom is 0.00671 e. The van der Waals surface area contributed by atoms with Crippen molar-refractivity contribution in [2.75, 3.05) is 13.6 Å². The first-order valence-electron chi connectivity index (χ1n) is 7.29. The molecule has 2 N–H and O–H groups in total. The summed E-state index contributed by atoms with van der Waals surface area (Å²) in [6.07, 6.45) is 12.8. The smallest absolute Gasteiger partial charge is 0.00671 e. The van der Waals surface area contributed by atoms with Crippen LogP contribution in [-0.2, 0) is 0 Å². The standard InChI is InChI=1S/C14H28N2/c1-15-14-9-5-6-12(10-14)11-16-13-7-3-2-4-8-13/h12-16H,2-11H2,1H3. The highest BCUT2D eigenvalue weighted by Gasteiger charge is 2.21. The molecular weight excluding hydrogens is 196 g/mol.